The zero-order valence-corrected chi connectivity index (χ0v) is 14.3. The molecule has 0 saturated heterocycles. The van der Waals surface area contributed by atoms with Crippen LogP contribution in [0.4, 0.5) is 0 Å². The van der Waals surface area contributed by atoms with Gasteiger partial charge in [0.1, 0.15) is 0 Å². The Labute approximate surface area is 117 Å². The normalized spacial score (nSPS) is 14.0. The van der Waals surface area contributed by atoms with Gasteiger partial charge in [0.05, 0.1) is 18.2 Å². The fourth-order valence-electron chi connectivity index (χ4n) is 1.03. The van der Waals surface area contributed by atoms with Crippen molar-refractivity contribution in [1.29, 1.82) is 0 Å². The molecule has 0 aliphatic rings. The second-order valence-electron chi connectivity index (χ2n) is 3.24. The lowest BCUT2D eigenvalue weighted by atomic mass is 10.5. The average Bonchev–Trinajstić information content (AvgIpc) is 2.30. The van der Waals surface area contributed by atoms with Gasteiger partial charge in [0, 0.05) is 0 Å². The second kappa shape index (κ2) is 10.5. The fraction of sp³-hybridized carbons (Fsp3) is 1.00. The van der Waals surface area contributed by atoms with Crippen LogP contribution >= 0.6 is 38.8 Å². The maximum Gasteiger partial charge on any atom is 0.202 e. The standard InChI is InChI=1S/C9H21O2PS4/c1-4-7-10-12(13,11-8-5-2)9(6-3)15-16-14/h9,14H,4-8H2,1-3H3. The molecule has 16 heavy (non-hydrogen) atoms. The molecule has 0 spiro atoms. The Balaban J connectivity index is 4.52. The van der Waals surface area contributed by atoms with Gasteiger partial charge in [-0.1, -0.05) is 43.2 Å². The third kappa shape index (κ3) is 6.53. The van der Waals surface area contributed by atoms with Crippen LogP contribution in [-0.4, -0.2) is 18.2 Å². The molecule has 0 aromatic rings. The Morgan fingerprint density at radius 2 is 1.69 bits per heavy atom. The molecule has 1 atom stereocenters. The molecule has 7 heteroatoms. The van der Waals surface area contributed by atoms with Crippen LogP contribution < -0.4 is 0 Å². The van der Waals surface area contributed by atoms with E-state index in [2.05, 4.69) is 32.4 Å². The number of hydrogen-bond donors (Lipinski definition) is 1. The average molecular weight is 321 g/mol. The molecule has 0 aromatic heterocycles. The van der Waals surface area contributed by atoms with E-state index in [1.54, 1.807) is 10.8 Å². The first-order valence-corrected chi connectivity index (χ1v) is 11.5. The predicted octanol–water partition coefficient (Wildman–Crippen LogP) is 5.11. The minimum atomic E-state index is -2.15. The molecule has 0 N–H and O–H groups in total. The zero-order valence-electron chi connectivity index (χ0n) is 10.0. The van der Waals surface area contributed by atoms with Gasteiger partial charge in [-0.15, -0.1) is 0 Å². The summed E-state index contributed by atoms with van der Waals surface area (Å²) in [6.45, 7) is 5.51. The van der Waals surface area contributed by atoms with Crippen molar-refractivity contribution in [2.75, 3.05) is 13.2 Å². The highest BCUT2D eigenvalue weighted by molar-refractivity contribution is 9.06. The highest BCUT2D eigenvalue weighted by atomic mass is 33.5. The monoisotopic (exact) mass is 320 g/mol. The van der Waals surface area contributed by atoms with Crippen molar-refractivity contribution in [3.63, 3.8) is 0 Å². The lowest BCUT2D eigenvalue weighted by Crippen LogP contribution is -2.09. The van der Waals surface area contributed by atoms with Gasteiger partial charge in [-0.2, -0.15) is 0 Å². The van der Waals surface area contributed by atoms with Gasteiger partial charge >= 0.3 is 0 Å². The third-order valence-corrected chi connectivity index (χ3v) is 9.71. The second-order valence-corrected chi connectivity index (χ2v) is 10.6. The summed E-state index contributed by atoms with van der Waals surface area (Å²) in [5.74, 6) is 0. The Morgan fingerprint density at radius 3 is 2.00 bits per heavy atom. The molecule has 98 valence electrons. The lowest BCUT2D eigenvalue weighted by molar-refractivity contribution is 0.245. The van der Waals surface area contributed by atoms with Crippen LogP contribution in [0.25, 0.3) is 0 Å². The molecule has 0 fully saturated rings. The number of thiol groups is 1. The fourth-order valence-corrected chi connectivity index (χ4v) is 9.22. The summed E-state index contributed by atoms with van der Waals surface area (Å²) in [7, 11) is 3.10. The SMILES string of the molecule is CCCOP(=S)(OCCC)C(CC)SSS. The van der Waals surface area contributed by atoms with Gasteiger partial charge in [0.25, 0.3) is 0 Å². The van der Waals surface area contributed by atoms with Gasteiger partial charge in [0.15, 0.2) is 0 Å². The van der Waals surface area contributed by atoms with E-state index in [0.717, 1.165) is 19.3 Å². The molecule has 2 nitrogen and oxygen atoms in total. The van der Waals surface area contributed by atoms with Crippen LogP contribution in [0.1, 0.15) is 40.0 Å². The number of hydrogen-bond acceptors (Lipinski definition) is 6. The van der Waals surface area contributed by atoms with Crippen LogP contribution in [-0.2, 0) is 20.9 Å². The summed E-state index contributed by atoms with van der Waals surface area (Å²) < 4.78 is 11.6. The van der Waals surface area contributed by atoms with Crippen LogP contribution in [0.3, 0.4) is 0 Å². The minimum absolute atomic E-state index is 0.239. The Morgan fingerprint density at radius 1 is 1.19 bits per heavy atom. The molecule has 0 radical (unpaired) electrons. The topological polar surface area (TPSA) is 18.5 Å². The lowest BCUT2D eigenvalue weighted by Gasteiger charge is -2.28. The molecule has 0 aliphatic heterocycles. The molecule has 0 bridgehead atoms. The van der Waals surface area contributed by atoms with Gasteiger partial charge in [-0.25, -0.2) is 0 Å². The largest absolute Gasteiger partial charge is 0.329 e. The van der Waals surface area contributed by atoms with Crippen LogP contribution in [0, 0.1) is 0 Å². The van der Waals surface area contributed by atoms with E-state index in [1.165, 1.54) is 9.83 Å². The predicted molar refractivity (Wildman–Crippen MR) is 85.0 cm³/mol. The van der Waals surface area contributed by atoms with Crippen molar-refractivity contribution >= 4 is 50.6 Å². The van der Waals surface area contributed by atoms with E-state index in [1.807, 2.05) is 0 Å². The van der Waals surface area contributed by atoms with Crippen molar-refractivity contribution in [2.45, 2.75) is 45.0 Å². The minimum Gasteiger partial charge on any atom is -0.329 e. The molecule has 0 saturated carbocycles. The molecule has 1 unspecified atom stereocenters. The van der Waals surface area contributed by atoms with E-state index in [9.17, 15) is 0 Å². The third-order valence-electron chi connectivity index (χ3n) is 1.81. The van der Waals surface area contributed by atoms with E-state index < -0.39 is 6.49 Å². The smallest absolute Gasteiger partial charge is 0.202 e. The van der Waals surface area contributed by atoms with Crippen molar-refractivity contribution in [3.05, 3.63) is 0 Å². The van der Waals surface area contributed by atoms with Gasteiger partial charge in [0.2, 0.25) is 6.49 Å². The molecular formula is C9H21O2PS4. The highest BCUT2D eigenvalue weighted by Gasteiger charge is 2.30. The van der Waals surface area contributed by atoms with Gasteiger partial charge < -0.3 is 9.05 Å². The van der Waals surface area contributed by atoms with E-state index in [0.29, 0.717) is 13.2 Å². The Bertz CT molecular complexity index is 204. The van der Waals surface area contributed by atoms with Crippen molar-refractivity contribution in [3.8, 4) is 0 Å². The first kappa shape index (κ1) is 17.6. The summed E-state index contributed by atoms with van der Waals surface area (Å²) >= 11 is 9.79. The highest BCUT2D eigenvalue weighted by Crippen LogP contribution is 2.61. The van der Waals surface area contributed by atoms with E-state index in [-0.39, 0.29) is 4.99 Å². The van der Waals surface area contributed by atoms with Crippen molar-refractivity contribution in [2.24, 2.45) is 0 Å². The van der Waals surface area contributed by atoms with Crippen LogP contribution in [0.5, 0.6) is 0 Å². The van der Waals surface area contributed by atoms with E-state index >= 15 is 0 Å². The summed E-state index contributed by atoms with van der Waals surface area (Å²) in [5, 5.41) is 0. The number of rotatable bonds is 10. The maximum atomic E-state index is 5.82. The maximum absolute atomic E-state index is 5.82. The van der Waals surface area contributed by atoms with Crippen LogP contribution in [0.2, 0.25) is 0 Å². The quantitative estimate of drug-likeness (QED) is 0.341. The summed E-state index contributed by atoms with van der Waals surface area (Å²) in [6.07, 6.45) is 2.91. The Kier molecular flexibility index (Phi) is 11.6. The van der Waals surface area contributed by atoms with Crippen molar-refractivity contribution < 1.29 is 9.05 Å². The Hall–Kier alpha value is 1.62. The van der Waals surface area contributed by atoms with Crippen LogP contribution in [0.15, 0.2) is 0 Å². The van der Waals surface area contributed by atoms with Gasteiger partial charge in [-0.3, -0.25) is 0 Å². The molecule has 0 heterocycles. The zero-order chi connectivity index (χ0) is 12.4. The summed E-state index contributed by atoms with van der Waals surface area (Å²) in [6, 6.07) is 0. The molecule has 0 aromatic carbocycles. The summed E-state index contributed by atoms with van der Waals surface area (Å²) in [4.78, 5) is 0.239. The van der Waals surface area contributed by atoms with Gasteiger partial charge in [-0.05, 0) is 40.9 Å². The molecule has 0 rings (SSSR count). The van der Waals surface area contributed by atoms with Crippen molar-refractivity contribution in [1.82, 2.24) is 0 Å². The van der Waals surface area contributed by atoms with E-state index in [4.69, 9.17) is 20.9 Å². The summed E-state index contributed by atoms with van der Waals surface area (Å²) in [5.41, 5.74) is 0. The molecule has 0 amide bonds. The molecule has 0 aliphatic carbocycles. The molecular weight excluding hydrogens is 299 g/mol. The first-order chi connectivity index (χ1) is 7.64. The first-order valence-electron chi connectivity index (χ1n) is 5.50.